The summed E-state index contributed by atoms with van der Waals surface area (Å²) in [5, 5.41) is 16.3. The van der Waals surface area contributed by atoms with E-state index in [9.17, 15) is 35.9 Å². The number of hydrogen-bond acceptors (Lipinski definition) is 6. The van der Waals surface area contributed by atoms with E-state index in [1.54, 1.807) is 6.07 Å². The molecular weight excluding hydrogens is 426 g/mol. The Balaban J connectivity index is 0.000000710. The van der Waals surface area contributed by atoms with Gasteiger partial charge >= 0.3 is 29.9 Å². The lowest BCUT2D eigenvalue weighted by Gasteiger charge is -2.28. The fraction of sp³-hybridized carbons (Fsp3) is 0.529. The van der Waals surface area contributed by atoms with Crippen molar-refractivity contribution >= 4 is 11.9 Å². The minimum absolute atomic E-state index is 0.159. The van der Waals surface area contributed by atoms with Crippen molar-refractivity contribution in [2.24, 2.45) is 11.5 Å². The largest absolute Gasteiger partial charge is 0.480 e. The Hall–Kier alpha value is -2.38. The van der Waals surface area contributed by atoms with E-state index < -0.39 is 42.5 Å². The predicted octanol–water partition coefficient (Wildman–Crippen LogP) is 2.11. The first-order valence-corrected chi connectivity index (χ1v) is 8.43. The van der Waals surface area contributed by atoms with Gasteiger partial charge in [0, 0.05) is 0 Å². The second-order valence-corrected chi connectivity index (χ2v) is 5.99. The number of halogens is 6. The van der Waals surface area contributed by atoms with Gasteiger partial charge in [-0.15, -0.1) is 0 Å². The summed E-state index contributed by atoms with van der Waals surface area (Å²) in [6.07, 6.45) is -10.1. The summed E-state index contributed by atoms with van der Waals surface area (Å²) < 4.78 is 78.8. The molecule has 0 bridgehead atoms. The molecule has 7 nitrogen and oxygen atoms in total. The second kappa shape index (κ2) is 11.7. The summed E-state index contributed by atoms with van der Waals surface area (Å²) in [7, 11) is 0. The molecule has 0 radical (unpaired) electrons. The van der Waals surface area contributed by atoms with Gasteiger partial charge < -0.3 is 26.4 Å². The lowest BCUT2D eigenvalue weighted by atomic mass is 10.1. The highest BCUT2D eigenvalue weighted by atomic mass is 19.4. The van der Waals surface area contributed by atoms with Crippen LogP contribution in [0.25, 0.3) is 0 Å². The average molecular weight is 448 g/mol. The van der Waals surface area contributed by atoms with Crippen LogP contribution in [-0.4, -0.2) is 52.7 Å². The molecule has 0 aliphatic rings. The number of esters is 1. The Bertz CT molecular complexity index is 653. The Morgan fingerprint density at radius 1 is 1.03 bits per heavy atom. The molecule has 1 rings (SSSR count). The van der Waals surface area contributed by atoms with Crippen LogP contribution in [-0.2, 0) is 20.9 Å². The number of carbonyl (C=O) groups is 2. The zero-order valence-corrected chi connectivity index (χ0v) is 15.5. The van der Waals surface area contributed by atoms with Crippen molar-refractivity contribution in [1.29, 1.82) is 0 Å². The third kappa shape index (κ3) is 8.16. The van der Waals surface area contributed by atoms with Crippen molar-refractivity contribution in [2.45, 2.75) is 49.9 Å². The number of ether oxygens (including phenoxy) is 1. The number of rotatable bonds is 9. The van der Waals surface area contributed by atoms with Crippen molar-refractivity contribution < 1.29 is 50.9 Å². The van der Waals surface area contributed by atoms with Gasteiger partial charge in [-0.05, 0) is 24.9 Å². The van der Waals surface area contributed by atoms with Crippen LogP contribution in [0.5, 0.6) is 0 Å². The maximum Gasteiger partial charge on any atom is 0.442 e. The number of aliphatic carboxylic acids is 1. The van der Waals surface area contributed by atoms with Crippen LogP contribution in [0.4, 0.5) is 26.3 Å². The van der Waals surface area contributed by atoms with Crippen molar-refractivity contribution in [1.82, 2.24) is 0 Å². The molecule has 172 valence electrons. The Labute approximate surface area is 167 Å². The molecule has 0 aromatic heterocycles. The van der Waals surface area contributed by atoms with Crippen molar-refractivity contribution in [2.75, 3.05) is 6.54 Å². The molecule has 13 heteroatoms. The maximum absolute atomic E-state index is 13.3. The quantitative estimate of drug-likeness (QED) is 0.258. The van der Waals surface area contributed by atoms with Crippen molar-refractivity contribution in [3.63, 3.8) is 0 Å². The highest BCUT2D eigenvalue weighted by molar-refractivity contribution is 5.81. The molecule has 1 unspecified atom stereocenters. The summed E-state index contributed by atoms with van der Waals surface area (Å²) in [5.74, 6) is -3.85. The molecule has 6 N–H and O–H groups in total. The van der Waals surface area contributed by atoms with Gasteiger partial charge in [0.05, 0.1) is 0 Å². The van der Waals surface area contributed by atoms with Crippen LogP contribution in [0.3, 0.4) is 0 Å². The van der Waals surface area contributed by atoms with Gasteiger partial charge in [0.1, 0.15) is 12.6 Å². The molecule has 0 aliphatic heterocycles. The topological polar surface area (TPSA) is 136 Å². The van der Waals surface area contributed by atoms with Gasteiger partial charge in [-0.3, -0.25) is 4.79 Å². The molecule has 2 atom stereocenters. The van der Waals surface area contributed by atoms with Gasteiger partial charge in [0.25, 0.3) is 0 Å². The first kappa shape index (κ1) is 27.6. The van der Waals surface area contributed by atoms with Gasteiger partial charge in [-0.2, -0.15) is 22.0 Å². The second-order valence-electron chi connectivity index (χ2n) is 5.99. The van der Waals surface area contributed by atoms with E-state index in [1.807, 2.05) is 0 Å². The molecular formula is C17H22F6N2O5. The molecule has 30 heavy (non-hydrogen) atoms. The Morgan fingerprint density at radius 2 is 1.57 bits per heavy atom. The fourth-order valence-corrected chi connectivity index (χ4v) is 1.86. The zero-order chi connectivity index (χ0) is 23.6. The fourth-order valence-electron chi connectivity index (χ4n) is 1.86. The highest BCUT2D eigenvalue weighted by Crippen LogP contribution is 2.44. The zero-order valence-electron chi connectivity index (χ0n) is 15.5. The van der Waals surface area contributed by atoms with Crippen LogP contribution in [0.1, 0.15) is 24.8 Å². The SMILES string of the molecule is NCCCC[C@H](N)C(=O)O.O=C(OCc1ccccc1)C(F)(C(O)(F)F)C(F)(F)F. The minimum atomic E-state index is -6.33. The smallest absolute Gasteiger partial charge is 0.442 e. The number of alkyl halides is 6. The third-order valence-corrected chi connectivity index (χ3v) is 3.59. The summed E-state index contributed by atoms with van der Waals surface area (Å²) in [5.41, 5.74) is 4.75. The van der Waals surface area contributed by atoms with Crippen LogP contribution in [0, 0.1) is 0 Å². The molecule has 0 heterocycles. The number of benzene rings is 1. The Morgan fingerprint density at radius 3 is 1.97 bits per heavy atom. The first-order chi connectivity index (χ1) is 13.7. The van der Waals surface area contributed by atoms with E-state index in [-0.39, 0.29) is 5.56 Å². The Kier molecular flexibility index (Phi) is 10.8. The summed E-state index contributed by atoms with van der Waals surface area (Å²) in [6.45, 7) is -0.246. The number of carbonyl (C=O) groups excluding carboxylic acids is 1. The number of aliphatic hydroxyl groups is 1. The molecule has 0 spiro atoms. The van der Waals surface area contributed by atoms with E-state index >= 15 is 0 Å². The molecule has 0 saturated carbocycles. The number of unbranched alkanes of at least 4 members (excludes halogenated alkanes) is 1. The van der Waals surface area contributed by atoms with Crippen molar-refractivity contribution in [3.8, 4) is 0 Å². The summed E-state index contributed by atoms with van der Waals surface area (Å²) >= 11 is 0. The highest BCUT2D eigenvalue weighted by Gasteiger charge is 2.77. The van der Waals surface area contributed by atoms with E-state index in [1.165, 1.54) is 24.3 Å². The van der Waals surface area contributed by atoms with E-state index in [4.69, 9.17) is 21.7 Å². The van der Waals surface area contributed by atoms with Gasteiger partial charge in [-0.1, -0.05) is 36.8 Å². The third-order valence-electron chi connectivity index (χ3n) is 3.59. The number of carboxylic acids is 1. The molecule has 1 aromatic carbocycles. The van der Waals surface area contributed by atoms with Crippen LogP contribution >= 0.6 is 0 Å². The standard InChI is InChI=1S/C11H8F6O3.C6H14N2O2/c12-9(10(13,14)15,11(16,17)19)8(18)20-6-7-4-2-1-3-5-7;7-4-2-1-3-5(8)6(9)10/h1-5,19H,6H2;5H,1-4,7-8H2,(H,9,10)/t;5-/m.0/s1. The molecule has 1 aromatic rings. The minimum Gasteiger partial charge on any atom is -0.480 e. The predicted molar refractivity (Wildman–Crippen MR) is 91.8 cm³/mol. The van der Waals surface area contributed by atoms with Gasteiger partial charge in [-0.25, -0.2) is 9.18 Å². The molecule has 0 aliphatic carbocycles. The van der Waals surface area contributed by atoms with E-state index in [0.29, 0.717) is 13.0 Å². The van der Waals surface area contributed by atoms with Gasteiger partial charge in [0.2, 0.25) is 0 Å². The molecule has 0 amide bonds. The maximum atomic E-state index is 13.3. The van der Waals surface area contributed by atoms with Crippen LogP contribution < -0.4 is 11.5 Å². The lowest BCUT2D eigenvalue weighted by molar-refractivity contribution is -0.358. The van der Waals surface area contributed by atoms with Gasteiger partial charge in [0.15, 0.2) is 0 Å². The number of hydrogen-bond donors (Lipinski definition) is 4. The monoisotopic (exact) mass is 448 g/mol. The molecule has 0 fully saturated rings. The summed E-state index contributed by atoms with van der Waals surface area (Å²) in [6, 6.07) is 6.34. The number of nitrogens with two attached hydrogens (primary N) is 2. The van der Waals surface area contributed by atoms with E-state index in [2.05, 4.69) is 4.74 Å². The van der Waals surface area contributed by atoms with Crippen LogP contribution in [0.2, 0.25) is 0 Å². The van der Waals surface area contributed by atoms with E-state index in [0.717, 1.165) is 12.8 Å². The van der Waals surface area contributed by atoms with Crippen molar-refractivity contribution in [3.05, 3.63) is 35.9 Å². The first-order valence-electron chi connectivity index (χ1n) is 8.43. The number of carboxylic acid groups (broad SMARTS) is 1. The average Bonchev–Trinajstić information content (AvgIpc) is 2.65. The lowest BCUT2D eigenvalue weighted by Crippen LogP contribution is -2.61. The van der Waals surface area contributed by atoms with Crippen LogP contribution in [0.15, 0.2) is 30.3 Å². The molecule has 0 saturated heterocycles. The normalized spacial score (nSPS) is 14.7. The summed E-state index contributed by atoms with van der Waals surface area (Å²) in [4.78, 5) is 21.1.